The van der Waals surface area contributed by atoms with E-state index < -0.39 is 0 Å². The van der Waals surface area contributed by atoms with Gasteiger partial charge in [0.1, 0.15) is 6.23 Å². The summed E-state index contributed by atoms with van der Waals surface area (Å²) in [5, 5.41) is 2.98. The first-order valence-electron chi connectivity index (χ1n) is 10.5. The molecule has 1 N–H and O–H groups in total. The van der Waals surface area contributed by atoms with Gasteiger partial charge in [-0.25, -0.2) is 0 Å². The largest absolute Gasteiger partial charge is 0.493 e. The van der Waals surface area contributed by atoms with Gasteiger partial charge >= 0.3 is 0 Å². The number of rotatable bonds is 8. The molecule has 1 amide bonds. The second kappa shape index (κ2) is 9.31. The van der Waals surface area contributed by atoms with Gasteiger partial charge in [0.15, 0.2) is 11.5 Å². The van der Waals surface area contributed by atoms with Crippen LogP contribution < -0.4 is 14.8 Å². The third-order valence-corrected chi connectivity index (χ3v) is 5.82. The van der Waals surface area contributed by atoms with Gasteiger partial charge in [0.25, 0.3) is 0 Å². The number of carbonyl (C=O) groups is 1. The van der Waals surface area contributed by atoms with Crippen LogP contribution in [0.1, 0.15) is 49.1 Å². The minimum atomic E-state index is -0.320. The van der Waals surface area contributed by atoms with Gasteiger partial charge in [-0.2, -0.15) is 0 Å². The van der Waals surface area contributed by atoms with E-state index in [0.717, 1.165) is 36.3 Å². The summed E-state index contributed by atoms with van der Waals surface area (Å²) in [7, 11) is 1.66. The Labute approximate surface area is 172 Å². The molecule has 2 atom stereocenters. The maximum absolute atomic E-state index is 12.1. The minimum absolute atomic E-state index is 0.0220. The molecule has 0 bridgehead atoms. The highest BCUT2D eigenvalue weighted by Gasteiger charge is 2.35. The number of methoxy groups -OCH3 is 1. The Morgan fingerprint density at radius 1 is 1.03 bits per heavy atom. The quantitative estimate of drug-likeness (QED) is 0.728. The summed E-state index contributed by atoms with van der Waals surface area (Å²) in [6.07, 6.45) is 5.77. The fourth-order valence-electron chi connectivity index (χ4n) is 4.23. The predicted octanol–water partition coefficient (Wildman–Crippen LogP) is 4.21. The molecule has 0 aromatic heterocycles. The van der Waals surface area contributed by atoms with E-state index in [1.54, 1.807) is 7.11 Å². The van der Waals surface area contributed by atoms with Crippen LogP contribution in [0.25, 0.3) is 0 Å². The molecule has 2 aromatic carbocycles. The number of ether oxygens (including phenoxy) is 3. The number of hydrogen-bond donors (Lipinski definition) is 1. The van der Waals surface area contributed by atoms with Crippen molar-refractivity contribution in [1.29, 1.82) is 0 Å². The van der Waals surface area contributed by atoms with Gasteiger partial charge in [0.2, 0.25) is 5.91 Å². The molecule has 1 heterocycles. The molecule has 29 heavy (non-hydrogen) atoms. The second-order valence-electron chi connectivity index (χ2n) is 7.84. The number of nitrogens with one attached hydrogen (secondary N) is 1. The Kier molecular flexibility index (Phi) is 6.35. The van der Waals surface area contributed by atoms with E-state index in [4.69, 9.17) is 14.2 Å². The van der Waals surface area contributed by atoms with Crippen molar-refractivity contribution in [2.24, 2.45) is 0 Å². The van der Waals surface area contributed by atoms with Crippen molar-refractivity contribution in [3.63, 3.8) is 0 Å². The highest BCUT2D eigenvalue weighted by atomic mass is 16.5. The number of hydrogen-bond acceptors (Lipinski definition) is 4. The number of amides is 1. The van der Waals surface area contributed by atoms with Crippen LogP contribution in [-0.4, -0.2) is 32.0 Å². The van der Waals surface area contributed by atoms with Crippen molar-refractivity contribution >= 4 is 5.91 Å². The van der Waals surface area contributed by atoms with E-state index in [-0.39, 0.29) is 24.2 Å². The Bertz CT molecular complexity index is 817. The van der Waals surface area contributed by atoms with Gasteiger partial charge in [0.05, 0.1) is 19.8 Å². The van der Waals surface area contributed by atoms with Gasteiger partial charge in [-0.15, -0.1) is 0 Å². The summed E-state index contributed by atoms with van der Waals surface area (Å²) >= 11 is 0. The zero-order valence-electron chi connectivity index (χ0n) is 16.9. The molecule has 2 aromatic rings. The van der Waals surface area contributed by atoms with Crippen LogP contribution in [-0.2, 0) is 16.0 Å². The fourth-order valence-corrected chi connectivity index (χ4v) is 4.23. The summed E-state index contributed by atoms with van der Waals surface area (Å²) in [5.41, 5.74) is 2.27. The lowest BCUT2D eigenvalue weighted by atomic mass is 9.96. The summed E-state index contributed by atoms with van der Waals surface area (Å²) in [5.74, 6) is 1.49. The Morgan fingerprint density at radius 3 is 2.59 bits per heavy atom. The van der Waals surface area contributed by atoms with Crippen LogP contribution >= 0.6 is 0 Å². The predicted molar refractivity (Wildman–Crippen MR) is 111 cm³/mol. The third kappa shape index (κ3) is 4.91. The van der Waals surface area contributed by atoms with Crippen molar-refractivity contribution in [2.45, 2.75) is 56.8 Å². The average Bonchev–Trinajstić information content (AvgIpc) is 3.38. The molecule has 5 nitrogen and oxygen atoms in total. The van der Waals surface area contributed by atoms with E-state index in [9.17, 15) is 4.79 Å². The highest BCUT2D eigenvalue weighted by molar-refractivity contribution is 5.80. The van der Waals surface area contributed by atoms with Crippen LogP contribution in [0.4, 0.5) is 0 Å². The van der Waals surface area contributed by atoms with E-state index in [2.05, 4.69) is 17.4 Å². The molecule has 1 saturated carbocycles. The van der Waals surface area contributed by atoms with Gasteiger partial charge in [-0.3, -0.25) is 4.79 Å². The highest BCUT2D eigenvalue weighted by Crippen LogP contribution is 2.37. The summed E-state index contributed by atoms with van der Waals surface area (Å²) in [4.78, 5) is 12.1. The maximum atomic E-state index is 12.1. The second-order valence-corrected chi connectivity index (χ2v) is 7.84. The van der Waals surface area contributed by atoms with Gasteiger partial charge in [-0.1, -0.05) is 36.4 Å². The molecule has 154 valence electrons. The van der Waals surface area contributed by atoms with Crippen LogP contribution in [0.2, 0.25) is 0 Å². The van der Waals surface area contributed by atoms with E-state index in [1.165, 1.54) is 18.4 Å². The van der Waals surface area contributed by atoms with Crippen molar-refractivity contribution < 1.29 is 19.0 Å². The lowest BCUT2D eigenvalue weighted by Crippen LogP contribution is -2.31. The number of benzene rings is 2. The monoisotopic (exact) mass is 395 g/mol. The van der Waals surface area contributed by atoms with Crippen molar-refractivity contribution in [3.05, 3.63) is 59.7 Å². The summed E-state index contributed by atoms with van der Waals surface area (Å²) < 4.78 is 17.8. The normalized spacial score (nSPS) is 21.9. The first-order chi connectivity index (χ1) is 14.2. The number of carbonyl (C=O) groups excluding carboxylic acids is 1. The van der Waals surface area contributed by atoms with Crippen molar-refractivity contribution in [3.8, 4) is 11.5 Å². The van der Waals surface area contributed by atoms with Gasteiger partial charge < -0.3 is 19.5 Å². The maximum Gasteiger partial charge on any atom is 0.222 e. The Balaban J connectivity index is 1.45. The molecule has 0 radical (unpaired) electrons. The van der Waals surface area contributed by atoms with Crippen LogP contribution in [0.3, 0.4) is 0 Å². The van der Waals surface area contributed by atoms with Crippen LogP contribution in [0, 0.1) is 0 Å². The Hall–Kier alpha value is -2.53. The molecule has 5 heteroatoms. The zero-order chi connectivity index (χ0) is 20.1. The molecule has 4 rings (SSSR count). The summed E-state index contributed by atoms with van der Waals surface area (Å²) in [6, 6.07) is 16.2. The van der Waals surface area contributed by atoms with Crippen molar-refractivity contribution in [2.75, 3.05) is 13.7 Å². The molecule has 1 aliphatic heterocycles. The zero-order valence-corrected chi connectivity index (χ0v) is 16.9. The topological polar surface area (TPSA) is 56.8 Å². The first kappa shape index (κ1) is 19.8. The first-order valence-corrected chi connectivity index (χ1v) is 10.5. The summed E-state index contributed by atoms with van der Waals surface area (Å²) in [6.45, 7) is 0.563. The molecule has 1 aliphatic carbocycles. The van der Waals surface area contributed by atoms with Gasteiger partial charge in [0, 0.05) is 12.3 Å². The molecular formula is C24H29NO4. The SMILES string of the molecule is COc1ccc([C@H]2CC(=O)NC2OCCc2ccccc2)cc1OC1CCCC1. The molecule has 2 aliphatic rings. The van der Waals surface area contributed by atoms with E-state index in [0.29, 0.717) is 13.0 Å². The fraction of sp³-hybridized carbons (Fsp3) is 0.458. The van der Waals surface area contributed by atoms with E-state index in [1.807, 2.05) is 36.4 Å². The smallest absolute Gasteiger partial charge is 0.222 e. The molecule has 1 saturated heterocycles. The minimum Gasteiger partial charge on any atom is -0.493 e. The third-order valence-electron chi connectivity index (χ3n) is 5.82. The van der Waals surface area contributed by atoms with Gasteiger partial charge in [-0.05, 0) is 55.4 Å². The standard InChI is InChI=1S/C24H29NO4/c1-27-21-12-11-18(15-22(21)29-19-9-5-6-10-19)20-16-23(26)25-24(20)28-14-13-17-7-3-2-4-8-17/h2-4,7-8,11-12,15,19-20,24H,5-6,9-10,13-14,16H2,1H3,(H,25,26)/t20-,24?/m1/s1. The molecular weight excluding hydrogens is 366 g/mol. The molecule has 2 fully saturated rings. The Morgan fingerprint density at radius 2 is 1.83 bits per heavy atom. The molecule has 0 spiro atoms. The van der Waals surface area contributed by atoms with Crippen molar-refractivity contribution in [1.82, 2.24) is 5.32 Å². The lowest BCUT2D eigenvalue weighted by molar-refractivity contribution is -0.120. The van der Waals surface area contributed by atoms with Crippen LogP contribution in [0.5, 0.6) is 11.5 Å². The van der Waals surface area contributed by atoms with Crippen LogP contribution in [0.15, 0.2) is 48.5 Å². The van der Waals surface area contributed by atoms with E-state index >= 15 is 0 Å². The lowest BCUT2D eigenvalue weighted by Gasteiger charge is -2.22. The average molecular weight is 395 g/mol. The molecule has 1 unspecified atom stereocenters.